The molecule has 8 nitrogen and oxygen atoms in total. The Balaban J connectivity index is 2.39. The van der Waals surface area contributed by atoms with E-state index in [1.807, 2.05) is 0 Å². The average molecular weight is 330 g/mol. The van der Waals surface area contributed by atoms with Gasteiger partial charge in [-0.05, 0) is 12.1 Å². The van der Waals surface area contributed by atoms with E-state index in [4.69, 9.17) is 16.3 Å². The van der Waals surface area contributed by atoms with Gasteiger partial charge < -0.3 is 10.1 Å². The highest BCUT2D eigenvalue weighted by Gasteiger charge is 2.19. The monoisotopic (exact) mass is 329 g/mol. The van der Waals surface area contributed by atoms with Crippen molar-refractivity contribution in [3.63, 3.8) is 0 Å². The van der Waals surface area contributed by atoms with Crippen LogP contribution in [0.15, 0.2) is 29.2 Å². The maximum Gasteiger partial charge on any atom is 0.322 e. The number of ether oxygens (including phenoxy) is 1. The fourth-order valence-corrected chi connectivity index (χ4v) is 2.91. The minimum absolute atomic E-state index is 0.0220. The third-order valence-corrected chi connectivity index (χ3v) is 4.20. The topological polar surface area (TPSA) is 106 Å². The summed E-state index contributed by atoms with van der Waals surface area (Å²) in [6.07, 6.45) is 0. The van der Waals surface area contributed by atoms with Crippen LogP contribution in [-0.2, 0) is 10.0 Å². The van der Waals surface area contributed by atoms with E-state index in [0.717, 1.165) is 0 Å². The molecular formula is C11H12ClN5O3S. The number of nitrogens with zero attached hydrogens (tertiary/aromatic N) is 3. The predicted octanol–water partition coefficient (Wildman–Crippen LogP) is 1.38. The summed E-state index contributed by atoms with van der Waals surface area (Å²) in [4.78, 5) is 11.5. The molecule has 0 unspecified atom stereocenters. The molecule has 2 aromatic rings. The lowest BCUT2D eigenvalue weighted by atomic mass is 10.4. The summed E-state index contributed by atoms with van der Waals surface area (Å²) in [5, 5.41) is 2.77. The number of halogens is 1. The second-order valence-electron chi connectivity index (χ2n) is 3.76. The van der Waals surface area contributed by atoms with Crippen LogP contribution in [0.2, 0.25) is 5.02 Å². The molecule has 0 aliphatic rings. The number of anilines is 2. The van der Waals surface area contributed by atoms with E-state index in [1.165, 1.54) is 19.2 Å². The van der Waals surface area contributed by atoms with Crippen LogP contribution >= 0.6 is 11.6 Å². The molecule has 1 heterocycles. The van der Waals surface area contributed by atoms with E-state index in [0.29, 0.717) is 0 Å². The highest BCUT2D eigenvalue weighted by molar-refractivity contribution is 7.92. The summed E-state index contributed by atoms with van der Waals surface area (Å²) in [6, 6.07) is 6.02. The molecule has 21 heavy (non-hydrogen) atoms. The Bertz CT molecular complexity index is 731. The zero-order chi connectivity index (χ0) is 15.5. The van der Waals surface area contributed by atoms with Gasteiger partial charge in [-0.25, -0.2) is 13.1 Å². The number of aromatic nitrogens is 3. The van der Waals surface area contributed by atoms with Crippen molar-refractivity contribution in [1.82, 2.24) is 15.0 Å². The van der Waals surface area contributed by atoms with Gasteiger partial charge in [0.05, 0.1) is 12.1 Å². The molecule has 0 amide bonds. The summed E-state index contributed by atoms with van der Waals surface area (Å²) in [6.45, 7) is 0. The lowest BCUT2D eigenvalue weighted by Crippen LogP contribution is -2.16. The van der Waals surface area contributed by atoms with Gasteiger partial charge >= 0.3 is 6.01 Å². The van der Waals surface area contributed by atoms with Crippen molar-refractivity contribution in [1.29, 1.82) is 0 Å². The fraction of sp³-hybridized carbons (Fsp3) is 0.182. The standard InChI is InChI=1S/C11H12ClN5O3S/c1-13-9-14-10(16-11(15-9)20-2)17-21(18,19)8-6-4-3-5-7(8)12/h3-6H,1-2H3,(H2,13,14,15,16,17). The smallest absolute Gasteiger partial charge is 0.322 e. The number of hydrogen-bond acceptors (Lipinski definition) is 7. The van der Waals surface area contributed by atoms with E-state index in [-0.39, 0.29) is 27.8 Å². The molecule has 0 aliphatic heterocycles. The number of sulfonamides is 1. The van der Waals surface area contributed by atoms with Crippen molar-refractivity contribution < 1.29 is 13.2 Å². The maximum absolute atomic E-state index is 12.3. The molecule has 0 fully saturated rings. The maximum atomic E-state index is 12.3. The first-order chi connectivity index (χ1) is 9.96. The van der Waals surface area contributed by atoms with E-state index in [9.17, 15) is 8.42 Å². The molecule has 0 saturated heterocycles. The minimum atomic E-state index is -3.91. The van der Waals surface area contributed by atoms with Gasteiger partial charge in [-0.15, -0.1) is 0 Å². The molecule has 10 heteroatoms. The SMILES string of the molecule is CNc1nc(NS(=O)(=O)c2ccccc2Cl)nc(OC)n1. The fourth-order valence-electron chi connectivity index (χ4n) is 1.44. The molecule has 0 atom stereocenters. The first kappa shape index (κ1) is 15.3. The highest BCUT2D eigenvalue weighted by atomic mass is 35.5. The van der Waals surface area contributed by atoms with Crippen molar-refractivity contribution in [3.05, 3.63) is 29.3 Å². The molecule has 2 N–H and O–H groups in total. The van der Waals surface area contributed by atoms with Gasteiger partial charge in [0.2, 0.25) is 11.9 Å². The molecule has 0 radical (unpaired) electrons. The molecule has 112 valence electrons. The summed E-state index contributed by atoms with van der Waals surface area (Å²) < 4.78 is 31.6. The Kier molecular flexibility index (Phi) is 4.43. The second kappa shape index (κ2) is 6.10. The molecular weight excluding hydrogens is 318 g/mol. The van der Waals surface area contributed by atoms with Gasteiger partial charge in [0.1, 0.15) is 4.90 Å². The first-order valence-electron chi connectivity index (χ1n) is 5.71. The van der Waals surface area contributed by atoms with Crippen molar-refractivity contribution in [2.45, 2.75) is 4.90 Å². The molecule has 1 aromatic heterocycles. The summed E-state index contributed by atoms with van der Waals surface area (Å²) >= 11 is 5.88. The molecule has 0 aliphatic carbocycles. The van der Waals surface area contributed by atoms with E-state index >= 15 is 0 Å². The van der Waals surface area contributed by atoms with Crippen molar-refractivity contribution in [2.24, 2.45) is 0 Å². The van der Waals surface area contributed by atoms with Gasteiger partial charge in [-0.2, -0.15) is 15.0 Å². The van der Waals surface area contributed by atoms with Crippen molar-refractivity contribution >= 4 is 33.5 Å². The average Bonchev–Trinajstić information content (AvgIpc) is 2.46. The number of methoxy groups -OCH3 is 1. The molecule has 0 saturated carbocycles. The van der Waals surface area contributed by atoms with Gasteiger partial charge in [0.25, 0.3) is 10.0 Å². The highest BCUT2D eigenvalue weighted by Crippen LogP contribution is 2.22. The Morgan fingerprint density at radius 1 is 1.14 bits per heavy atom. The Morgan fingerprint density at radius 3 is 2.43 bits per heavy atom. The predicted molar refractivity (Wildman–Crippen MR) is 78.2 cm³/mol. The van der Waals surface area contributed by atoms with Gasteiger partial charge in [0.15, 0.2) is 0 Å². The van der Waals surface area contributed by atoms with Crippen LogP contribution in [-0.4, -0.2) is 37.5 Å². The Labute approximate surface area is 126 Å². The van der Waals surface area contributed by atoms with Crippen LogP contribution in [0.3, 0.4) is 0 Å². The number of hydrogen-bond donors (Lipinski definition) is 2. The Hall–Kier alpha value is -2.13. The van der Waals surface area contributed by atoms with E-state index in [1.54, 1.807) is 19.2 Å². The zero-order valence-corrected chi connectivity index (χ0v) is 12.7. The number of nitrogens with one attached hydrogen (secondary N) is 2. The third kappa shape index (κ3) is 3.50. The van der Waals surface area contributed by atoms with Gasteiger partial charge in [0, 0.05) is 7.05 Å². The van der Waals surface area contributed by atoms with Crippen LogP contribution in [0.25, 0.3) is 0 Å². The quantitative estimate of drug-likeness (QED) is 0.853. The number of benzene rings is 1. The summed E-state index contributed by atoms with van der Waals surface area (Å²) in [5.41, 5.74) is 0. The van der Waals surface area contributed by atoms with Gasteiger partial charge in [-0.3, -0.25) is 0 Å². The molecule has 2 rings (SSSR count). The van der Waals surface area contributed by atoms with Gasteiger partial charge in [-0.1, -0.05) is 23.7 Å². The van der Waals surface area contributed by atoms with E-state index in [2.05, 4.69) is 25.0 Å². The van der Waals surface area contributed by atoms with Crippen LogP contribution < -0.4 is 14.8 Å². The minimum Gasteiger partial charge on any atom is -0.467 e. The van der Waals surface area contributed by atoms with Crippen LogP contribution in [0.4, 0.5) is 11.9 Å². The summed E-state index contributed by atoms with van der Waals surface area (Å²) in [5.74, 6) is -0.00942. The Morgan fingerprint density at radius 2 is 1.81 bits per heavy atom. The van der Waals surface area contributed by atoms with Crippen LogP contribution in [0, 0.1) is 0 Å². The van der Waals surface area contributed by atoms with E-state index < -0.39 is 10.0 Å². The van der Waals surface area contributed by atoms with Crippen LogP contribution in [0.5, 0.6) is 6.01 Å². The van der Waals surface area contributed by atoms with Crippen LogP contribution in [0.1, 0.15) is 0 Å². The normalized spacial score (nSPS) is 11.0. The van der Waals surface area contributed by atoms with Crippen molar-refractivity contribution in [3.8, 4) is 6.01 Å². The summed E-state index contributed by atoms with van der Waals surface area (Å²) in [7, 11) is -0.965. The second-order valence-corrected chi connectivity index (χ2v) is 5.81. The number of rotatable bonds is 5. The molecule has 0 spiro atoms. The largest absolute Gasteiger partial charge is 0.467 e. The van der Waals surface area contributed by atoms with Crippen molar-refractivity contribution in [2.75, 3.05) is 24.2 Å². The first-order valence-corrected chi connectivity index (χ1v) is 7.57. The lowest BCUT2D eigenvalue weighted by molar-refractivity contribution is 0.380. The third-order valence-electron chi connectivity index (χ3n) is 2.37. The lowest BCUT2D eigenvalue weighted by Gasteiger charge is -2.09. The zero-order valence-electron chi connectivity index (χ0n) is 11.2. The molecule has 0 bridgehead atoms. The molecule has 1 aromatic carbocycles.